The Morgan fingerprint density at radius 2 is 1.62 bits per heavy atom. The summed E-state index contributed by atoms with van der Waals surface area (Å²) in [6, 6.07) is 12.8. The molecule has 3 aliphatic heterocycles. The van der Waals surface area contributed by atoms with Gasteiger partial charge in [0.1, 0.15) is 12.1 Å². The van der Waals surface area contributed by atoms with Crippen molar-refractivity contribution in [3.05, 3.63) is 54.2 Å². The van der Waals surface area contributed by atoms with E-state index in [4.69, 9.17) is 4.99 Å². The number of nitrogens with zero attached hydrogens (tertiary/aromatic N) is 4. The van der Waals surface area contributed by atoms with E-state index in [0.717, 1.165) is 64.7 Å². The molecule has 1 aromatic heterocycles. The Balaban J connectivity index is 1.12. The van der Waals surface area contributed by atoms with E-state index in [9.17, 15) is 19.2 Å². The molecule has 2 fully saturated rings. The molecule has 246 valence electrons. The maximum Gasteiger partial charge on any atom is 0.407 e. The Hall–Kier alpha value is -5.00. The van der Waals surface area contributed by atoms with Crippen LogP contribution in [0.25, 0.3) is 27.6 Å². The van der Waals surface area contributed by atoms with E-state index >= 15 is 0 Å². The van der Waals surface area contributed by atoms with Crippen LogP contribution in [0.1, 0.15) is 58.4 Å². The largest absolute Gasteiger partial charge is 0.453 e. The fourth-order valence-electron chi connectivity index (χ4n) is 6.75. The van der Waals surface area contributed by atoms with Crippen molar-refractivity contribution in [3.63, 3.8) is 0 Å². The molecule has 4 amide bonds. The number of benzene rings is 2. The number of likely N-dealkylation sites (tertiary alicyclic amines) is 2. The van der Waals surface area contributed by atoms with Gasteiger partial charge in [-0.05, 0) is 67.0 Å². The number of amides is 4. The third kappa shape index (κ3) is 6.49. The monoisotopic (exact) mass is 639 g/mol. The first-order valence-electron chi connectivity index (χ1n) is 16.3. The molecule has 4 heterocycles. The van der Waals surface area contributed by atoms with Crippen LogP contribution in [0.2, 0.25) is 0 Å². The van der Waals surface area contributed by atoms with Crippen LogP contribution in [-0.2, 0) is 19.1 Å². The zero-order chi connectivity index (χ0) is 33.2. The first kappa shape index (κ1) is 32.0. The standard InChI is InChI=1S/C35H41N7O5/c1-20(2)33(44)41-15-5-7-29(41)28-18-25(19-36-28)23-11-9-22(10-12-23)24-13-14-27-26(17-24)31(40-39-27)38-32(43)30-8-6-16-42(30)34(45)21(3)37-35(46)47-4/h9-14,17,19-21,29-30H,5-8,15-16,18H2,1-4H3,(H,37,46)(H2,38,39,40,43)/t21-,29-,30-/m0/s1. The normalized spacial score (nSPS) is 19.9. The van der Waals surface area contributed by atoms with Crippen molar-refractivity contribution in [1.29, 1.82) is 0 Å². The lowest BCUT2D eigenvalue weighted by molar-refractivity contribution is -0.138. The number of aliphatic imine (C=N–C) groups is 1. The third-order valence-corrected chi connectivity index (χ3v) is 9.29. The Morgan fingerprint density at radius 1 is 0.915 bits per heavy atom. The minimum Gasteiger partial charge on any atom is -0.453 e. The number of methoxy groups -OCH3 is 1. The van der Waals surface area contributed by atoms with E-state index in [0.29, 0.717) is 25.2 Å². The summed E-state index contributed by atoms with van der Waals surface area (Å²) in [5, 5.41) is 13.5. The van der Waals surface area contributed by atoms with Crippen molar-refractivity contribution in [2.24, 2.45) is 10.9 Å². The van der Waals surface area contributed by atoms with Gasteiger partial charge in [0.15, 0.2) is 5.82 Å². The van der Waals surface area contributed by atoms with E-state index in [-0.39, 0.29) is 29.7 Å². The highest BCUT2D eigenvalue weighted by Crippen LogP contribution is 2.33. The van der Waals surface area contributed by atoms with Gasteiger partial charge < -0.3 is 25.2 Å². The number of hydrogen-bond acceptors (Lipinski definition) is 7. The highest BCUT2D eigenvalue weighted by Gasteiger charge is 2.37. The van der Waals surface area contributed by atoms with Gasteiger partial charge in [-0.15, -0.1) is 0 Å². The minimum atomic E-state index is -0.825. The Bertz CT molecular complexity index is 1760. The number of H-pyrrole nitrogens is 1. The molecule has 47 heavy (non-hydrogen) atoms. The lowest BCUT2D eigenvalue weighted by atomic mass is 9.96. The molecule has 12 heteroatoms. The quantitative estimate of drug-likeness (QED) is 0.324. The summed E-state index contributed by atoms with van der Waals surface area (Å²) in [4.78, 5) is 58.9. The summed E-state index contributed by atoms with van der Waals surface area (Å²) >= 11 is 0. The first-order chi connectivity index (χ1) is 22.6. The molecule has 3 atom stereocenters. The van der Waals surface area contributed by atoms with Crippen LogP contribution in [0.4, 0.5) is 10.6 Å². The summed E-state index contributed by atoms with van der Waals surface area (Å²) < 4.78 is 4.60. The molecule has 12 nitrogen and oxygen atoms in total. The number of carbonyl (C=O) groups excluding carboxylic acids is 4. The van der Waals surface area contributed by atoms with E-state index in [2.05, 4.69) is 49.8 Å². The summed E-state index contributed by atoms with van der Waals surface area (Å²) in [5.74, 6) is -0.109. The van der Waals surface area contributed by atoms with E-state index in [1.165, 1.54) is 12.0 Å². The highest BCUT2D eigenvalue weighted by atomic mass is 16.5. The number of rotatable bonds is 8. The van der Waals surface area contributed by atoms with Gasteiger partial charge in [-0.3, -0.25) is 24.5 Å². The summed E-state index contributed by atoms with van der Waals surface area (Å²) in [5.41, 5.74) is 6.05. The van der Waals surface area contributed by atoms with Crippen molar-refractivity contribution in [3.8, 4) is 11.1 Å². The van der Waals surface area contributed by atoms with Crippen molar-refractivity contribution in [1.82, 2.24) is 25.3 Å². The molecular weight excluding hydrogens is 598 g/mol. The zero-order valence-electron chi connectivity index (χ0n) is 27.2. The molecule has 6 rings (SSSR count). The summed E-state index contributed by atoms with van der Waals surface area (Å²) in [6.45, 7) is 6.69. The number of alkyl carbamates (subject to hydrolysis) is 1. The van der Waals surface area contributed by atoms with E-state index < -0.39 is 18.2 Å². The van der Waals surface area contributed by atoms with Gasteiger partial charge in [-0.25, -0.2) is 4.79 Å². The molecular formula is C35H41N7O5. The van der Waals surface area contributed by atoms with Crippen molar-refractivity contribution >= 4 is 51.8 Å². The van der Waals surface area contributed by atoms with Crippen molar-refractivity contribution in [2.75, 3.05) is 25.5 Å². The van der Waals surface area contributed by atoms with Crippen LogP contribution in [0.15, 0.2) is 53.7 Å². The lowest BCUT2D eigenvalue weighted by Crippen LogP contribution is -2.51. The Labute approximate surface area is 273 Å². The average Bonchev–Trinajstić information content (AvgIpc) is 3.90. The van der Waals surface area contributed by atoms with E-state index in [1.807, 2.05) is 43.1 Å². The van der Waals surface area contributed by atoms with Gasteiger partial charge in [-0.1, -0.05) is 44.2 Å². The smallest absolute Gasteiger partial charge is 0.407 e. The molecule has 3 N–H and O–H groups in total. The fraction of sp³-hybridized carbons (Fsp3) is 0.429. The second kappa shape index (κ2) is 13.4. The number of aromatic nitrogens is 2. The van der Waals surface area contributed by atoms with Crippen molar-refractivity contribution in [2.45, 2.75) is 71.0 Å². The number of anilines is 1. The summed E-state index contributed by atoms with van der Waals surface area (Å²) in [6.07, 6.45) is 5.12. The van der Waals surface area contributed by atoms with E-state index in [1.54, 1.807) is 6.92 Å². The number of carbonyl (C=O) groups is 4. The topological polar surface area (TPSA) is 149 Å². The first-order valence-corrected chi connectivity index (χ1v) is 16.3. The van der Waals surface area contributed by atoms with Crippen LogP contribution in [0, 0.1) is 5.92 Å². The molecule has 0 radical (unpaired) electrons. The summed E-state index contributed by atoms with van der Waals surface area (Å²) in [7, 11) is 1.23. The number of fused-ring (bicyclic) bond motifs is 1. The number of allylic oxidation sites excluding steroid dienone is 1. The van der Waals surface area contributed by atoms with Gasteiger partial charge in [0.2, 0.25) is 17.7 Å². The van der Waals surface area contributed by atoms with Gasteiger partial charge in [-0.2, -0.15) is 5.10 Å². The molecule has 0 spiro atoms. The fourth-order valence-corrected chi connectivity index (χ4v) is 6.75. The molecule has 0 bridgehead atoms. The average molecular weight is 640 g/mol. The predicted molar refractivity (Wildman–Crippen MR) is 179 cm³/mol. The van der Waals surface area contributed by atoms with Gasteiger partial charge in [0, 0.05) is 42.7 Å². The van der Waals surface area contributed by atoms with Gasteiger partial charge in [0.25, 0.3) is 0 Å². The molecule has 0 unspecified atom stereocenters. The molecule has 2 aromatic carbocycles. The Morgan fingerprint density at radius 3 is 2.36 bits per heavy atom. The Kier molecular flexibility index (Phi) is 9.10. The van der Waals surface area contributed by atoms with Gasteiger partial charge in [0.05, 0.1) is 18.7 Å². The second-order valence-corrected chi connectivity index (χ2v) is 12.7. The molecule has 3 aliphatic rings. The molecule has 0 saturated carbocycles. The zero-order valence-corrected chi connectivity index (χ0v) is 27.2. The number of ether oxygens (including phenoxy) is 1. The predicted octanol–water partition coefficient (Wildman–Crippen LogP) is 4.74. The maximum absolute atomic E-state index is 13.4. The van der Waals surface area contributed by atoms with Crippen LogP contribution >= 0.6 is 0 Å². The molecule has 0 aliphatic carbocycles. The van der Waals surface area contributed by atoms with Crippen LogP contribution in [0.3, 0.4) is 0 Å². The highest BCUT2D eigenvalue weighted by molar-refractivity contribution is 6.05. The second-order valence-electron chi connectivity index (χ2n) is 12.7. The van der Waals surface area contributed by atoms with Crippen LogP contribution in [-0.4, -0.2) is 87.8 Å². The minimum absolute atomic E-state index is 0.0217. The van der Waals surface area contributed by atoms with Gasteiger partial charge >= 0.3 is 6.09 Å². The maximum atomic E-state index is 13.4. The lowest BCUT2D eigenvalue weighted by Gasteiger charge is -2.26. The SMILES string of the molecule is COC(=O)N[C@@H](C)C(=O)N1CCC[C@H]1C(=O)Nc1n[nH]c2ccc(-c3ccc(C4=CN=C([C@@H]5CCCN5C(=O)C(C)C)C4)cc3)cc12. The van der Waals surface area contributed by atoms with Crippen LogP contribution in [0.5, 0.6) is 0 Å². The molecule has 2 saturated heterocycles. The number of nitrogens with one attached hydrogen (secondary N) is 3. The van der Waals surface area contributed by atoms with Crippen molar-refractivity contribution < 1.29 is 23.9 Å². The molecule has 3 aromatic rings. The third-order valence-electron chi connectivity index (χ3n) is 9.29. The number of aromatic amines is 1. The van der Waals surface area contributed by atoms with Crippen LogP contribution < -0.4 is 10.6 Å². The number of hydrogen-bond donors (Lipinski definition) is 3.